The molecule has 0 saturated carbocycles. The van der Waals surface area contributed by atoms with E-state index in [0.717, 1.165) is 24.6 Å². The summed E-state index contributed by atoms with van der Waals surface area (Å²) in [5.41, 5.74) is 4.07. The van der Waals surface area contributed by atoms with Gasteiger partial charge in [-0.15, -0.1) is 0 Å². The normalized spacial score (nSPS) is 12.0. The number of carbonyl (C=O) groups is 2. The molecule has 0 bridgehead atoms. The van der Waals surface area contributed by atoms with Crippen LogP contribution in [-0.2, 0) is 29.8 Å². The zero-order chi connectivity index (χ0) is 25.5. The number of rotatable bonds is 8. The van der Waals surface area contributed by atoms with E-state index in [-0.39, 0.29) is 22.6 Å². The Morgan fingerprint density at radius 2 is 1.12 bits per heavy atom. The fourth-order valence-electron chi connectivity index (χ4n) is 2.38. The van der Waals surface area contributed by atoms with Gasteiger partial charge >= 0.3 is 11.8 Å². The minimum absolute atomic E-state index is 0.110. The summed E-state index contributed by atoms with van der Waals surface area (Å²) < 4.78 is 73.7. The lowest BCUT2D eigenvalue weighted by molar-refractivity contribution is -0.139. The highest BCUT2D eigenvalue weighted by Crippen LogP contribution is 2.24. The lowest BCUT2D eigenvalue weighted by Crippen LogP contribution is -2.35. The highest BCUT2D eigenvalue weighted by atomic mass is 32.2. The van der Waals surface area contributed by atoms with Gasteiger partial charge in [-0.2, -0.15) is 27.0 Å². The molecule has 0 unspecified atom stereocenters. The van der Waals surface area contributed by atoms with Crippen LogP contribution in [0.5, 0.6) is 11.5 Å². The predicted molar refractivity (Wildman–Crippen MR) is 117 cm³/mol. The summed E-state index contributed by atoms with van der Waals surface area (Å²) in [6.07, 6.45) is 2.02. The van der Waals surface area contributed by atoms with E-state index in [1.54, 1.807) is 0 Å². The molecule has 0 saturated heterocycles. The van der Waals surface area contributed by atoms with E-state index in [0.29, 0.717) is 0 Å². The van der Waals surface area contributed by atoms with Crippen LogP contribution in [0.25, 0.3) is 0 Å². The maximum Gasteiger partial charge on any atom is 0.331 e. The van der Waals surface area contributed by atoms with Gasteiger partial charge in [0.25, 0.3) is 20.2 Å². The monoisotopic (exact) mass is 514 g/mol. The molecule has 0 aliphatic heterocycles. The van der Waals surface area contributed by atoms with Crippen LogP contribution in [0.2, 0.25) is 0 Å². The standard InChI is InChI=1S/C18H18N4O10S2/c1-31-13-5-3-11(7-15(13)33(25,26)27)9-19-21-17(23)18(24)22-20-10-12-4-6-14(32-2)16(8-12)34(28,29)30/h3-10H,1-2H3,(H,21,23)(H,22,24)(H,25,26,27)(H,28,29,30)/b19-9-,20-10-. The van der Waals surface area contributed by atoms with Crippen LogP contribution >= 0.6 is 0 Å². The van der Waals surface area contributed by atoms with Crippen molar-refractivity contribution in [1.82, 2.24) is 10.9 Å². The Balaban J connectivity index is 2.02. The number of methoxy groups -OCH3 is 2. The van der Waals surface area contributed by atoms with Crippen LogP contribution in [0.4, 0.5) is 0 Å². The Labute approximate surface area is 193 Å². The van der Waals surface area contributed by atoms with Crippen LogP contribution in [0.15, 0.2) is 56.4 Å². The molecule has 14 nitrogen and oxygen atoms in total. The SMILES string of the molecule is COc1ccc(/C=N\NC(=O)C(=O)N/N=C\c2ccc(OC)c(S(=O)(=O)O)c2)cc1S(=O)(=O)O. The number of carbonyl (C=O) groups excluding carboxylic acids is 2. The molecule has 34 heavy (non-hydrogen) atoms. The maximum atomic E-state index is 11.8. The average molecular weight is 514 g/mol. The first kappa shape index (κ1) is 26.4. The quantitative estimate of drug-likeness (QED) is 0.158. The maximum absolute atomic E-state index is 11.8. The van der Waals surface area contributed by atoms with Gasteiger partial charge in [-0.25, -0.2) is 10.9 Å². The van der Waals surface area contributed by atoms with E-state index >= 15 is 0 Å². The summed E-state index contributed by atoms with van der Waals surface area (Å²) in [5.74, 6) is -2.68. The summed E-state index contributed by atoms with van der Waals surface area (Å²) in [5, 5.41) is 7.00. The van der Waals surface area contributed by atoms with Gasteiger partial charge in [0.05, 0.1) is 26.6 Å². The molecule has 16 heteroatoms. The third-order valence-electron chi connectivity index (χ3n) is 3.90. The van der Waals surface area contributed by atoms with Gasteiger partial charge in [-0.1, -0.05) is 0 Å². The molecule has 2 aromatic carbocycles. The Morgan fingerprint density at radius 1 is 0.765 bits per heavy atom. The Hall–Kier alpha value is -3.86. The lowest BCUT2D eigenvalue weighted by Gasteiger charge is -2.06. The number of benzene rings is 2. The Morgan fingerprint density at radius 3 is 1.41 bits per heavy atom. The summed E-state index contributed by atoms with van der Waals surface area (Å²) in [7, 11) is -6.74. The number of hydrogen-bond acceptors (Lipinski definition) is 10. The Kier molecular flexibility index (Phi) is 8.41. The third kappa shape index (κ3) is 7.07. The molecule has 0 aliphatic carbocycles. The molecule has 2 amide bonds. The highest BCUT2D eigenvalue weighted by Gasteiger charge is 2.18. The number of hydrogen-bond donors (Lipinski definition) is 4. The predicted octanol–water partition coefficient (Wildman–Crippen LogP) is -0.202. The zero-order valence-electron chi connectivity index (χ0n) is 17.5. The highest BCUT2D eigenvalue weighted by molar-refractivity contribution is 7.86. The number of ether oxygens (including phenoxy) is 2. The van der Waals surface area contributed by atoms with Crippen molar-refractivity contribution in [3.05, 3.63) is 47.5 Å². The van der Waals surface area contributed by atoms with E-state index in [1.807, 2.05) is 10.9 Å². The Bertz CT molecular complexity index is 1260. The van der Waals surface area contributed by atoms with Crippen LogP contribution in [0.3, 0.4) is 0 Å². The van der Waals surface area contributed by atoms with Crippen molar-refractivity contribution < 1.29 is 45.0 Å². The molecule has 4 N–H and O–H groups in total. The van der Waals surface area contributed by atoms with E-state index in [2.05, 4.69) is 10.2 Å². The fraction of sp³-hybridized carbons (Fsp3) is 0.111. The van der Waals surface area contributed by atoms with Crippen molar-refractivity contribution in [2.24, 2.45) is 10.2 Å². The first-order valence-corrected chi connectivity index (χ1v) is 11.7. The number of nitrogens with one attached hydrogen (secondary N) is 2. The molecule has 0 spiro atoms. The van der Waals surface area contributed by atoms with Crippen molar-refractivity contribution in [2.45, 2.75) is 9.79 Å². The molecule has 2 aromatic rings. The minimum Gasteiger partial charge on any atom is -0.495 e. The molecule has 0 aliphatic rings. The van der Waals surface area contributed by atoms with E-state index in [1.165, 1.54) is 38.5 Å². The second kappa shape index (κ2) is 10.8. The van der Waals surface area contributed by atoms with Crippen LogP contribution in [0.1, 0.15) is 11.1 Å². The second-order valence-electron chi connectivity index (χ2n) is 6.17. The van der Waals surface area contributed by atoms with Crippen molar-refractivity contribution in [2.75, 3.05) is 14.2 Å². The lowest BCUT2D eigenvalue weighted by atomic mass is 10.2. The van der Waals surface area contributed by atoms with Crippen molar-refractivity contribution in [1.29, 1.82) is 0 Å². The van der Waals surface area contributed by atoms with Gasteiger partial charge in [0, 0.05) is 0 Å². The number of nitrogens with zero attached hydrogens (tertiary/aromatic N) is 2. The summed E-state index contributed by atoms with van der Waals surface area (Å²) in [4.78, 5) is 22.5. The van der Waals surface area contributed by atoms with E-state index < -0.39 is 41.8 Å². The number of hydrazone groups is 2. The van der Waals surface area contributed by atoms with Crippen LogP contribution < -0.4 is 20.3 Å². The summed E-state index contributed by atoms with van der Waals surface area (Å²) in [6.45, 7) is 0. The average Bonchev–Trinajstić information content (AvgIpc) is 2.77. The van der Waals surface area contributed by atoms with Gasteiger partial charge in [0.15, 0.2) is 0 Å². The molecule has 0 atom stereocenters. The van der Waals surface area contributed by atoms with Crippen LogP contribution in [0, 0.1) is 0 Å². The van der Waals surface area contributed by atoms with Gasteiger partial charge < -0.3 is 9.47 Å². The summed E-state index contributed by atoms with van der Waals surface area (Å²) in [6, 6.07) is 7.32. The van der Waals surface area contributed by atoms with Gasteiger partial charge in [0.1, 0.15) is 21.3 Å². The first-order valence-electron chi connectivity index (χ1n) is 8.84. The summed E-state index contributed by atoms with van der Waals surface area (Å²) >= 11 is 0. The molecular formula is C18H18N4O10S2. The van der Waals surface area contributed by atoms with Gasteiger partial charge in [-0.05, 0) is 47.5 Å². The third-order valence-corrected chi connectivity index (χ3v) is 5.65. The van der Waals surface area contributed by atoms with Crippen molar-refractivity contribution in [3.8, 4) is 11.5 Å². The smallest absolute Gasteiger partial charge is 0.331 e. The molecule has 0 aromatic heterocycles. The topological polar surface area (TPSA) is 210 Å². The van der Waals surface area contributed by atoms with E-state index in [4.69, 9.17) is 9.47 Å². The fourth-order valence-corrected chi connectivity index (χ4v) is 3.76. The largest absolute Gasteiger partial charge is 0.495 e. The van der Waals surface area contributed by atoms with E-state index in [9.17, 15) is 35.5 Å². The molecular weight excluding hydrogens is 496 g/mol. The molecule has 2 rings (SSSR count). The van der Waals surface area contributed by atoms with Crippen molar-refractivity contribution in [3.63, 3.8) is 0 Å². The van der Waals surface area contributed by atoms with Gasteiger partial charge in [-0.3, -0.25) is 18.7 Å². The second-order valence-corrected chi connectivity index (χ2v) is 8.95. The number of amides is 2. The minimum atomic E-state index is -4.58. The molecule has 182 valence electrons. The first-order chi connectivity index (χ1) is 15.9. The van der Waals surface area contributed by atoms with Gasteiger partial charge in [0.2, 0.25) is 0 Å². The zero-order valence-corrected chi connectivity index (χ0v) is 19.1. The van der Waals surface area contributed by atoms with Crippen molar-refractivity contribution >= 4 is 44.5 Å². The molecule has 0 radical (unpaired) electrons. The molecule has 0 fully saturated rings. The van der Waals surface area contributed by atoms with Crippen LogP contribution in [-0.4, -0.2) is 64.4 Å². The molecule has 0 heterocycles.